The van der Waals surface area contributed by atoms with Gasteiger partial charge in [-0.05, 0) is 68.9 Å². The first kappa shape index (κ1) is 16.2. The molecule has 4 rings (SSSR count). The molecule has 5 heteroatoms. The Morgan fingerprint density at radius 1 is 1.08 bits per heavy atom. The number of amides is 1. The molecule has 0 radical (unpaired) electrons. The number of carbonyl (C=O) groups excluding carboxylic acids is 1. The smallest absolute Gasteiger partial charge is 0.254 e. The summed E-state index contributed by atoms with van der Waals surface area (Å²) in [6, 6.07) is 8.28. The topological polar surface area (TPSA) is 52.2 Å². The van der Waals surface area contributed by atoms with E-state index in [1.807, 2.05) is 23.2 Å². The predicted molar refractivity (Wildman–Crippen MR) is 98.8 cm³/mol. The second-order valence-corrected chi connectivity index (χ2v) is 7.22. The van der Waals surface area contributed by atoms with Crippen molar-refractivity contribution < 1.29 is 4.79 Å². The third-order valence-electron chi connectivity index (χ3n) is 5.55. The van der Waals surface area contributed by atoms with Crippen molar-refractivity contribution in [3.05, 3.63) is 47.3 Å². The number of rotatable bonds is 3. The van der Waals surface area contributed by atoms with Gasteiger partial charge in [0, 0.05) is 30.9 Å². The van der Waals surface area contributed by atoms with Crippen LogP contribution in [0.2, 0.25) is 0 Å². The molecule has 0 unspecified atom stereocenters. The van der Waals surface area contributed by atoms with Crippen molar-refractivity contribution in [2.24, 2.45) is 0 Å². The normalized spacial score (nSPS) is 20.9. The molecule has 2 aliphatic rings. The molecule has 1 aromatic carbocycles. The molecule has 1 amide bonds. The molecule has 0 bridgehead atoms. The first-order valence-electron chi connectivity index (χ1n) is 9.40. The Kier molecular flexibility index (Phi) is 4.47. The Hall–Kier alpha value is -2.30. The van der Waals surface area contributed by atoms with Gasteiger partial charge in [0.2, 0.25) is 0 Å². The molecule has 2 aromatic rings. The maximum atomic E-state index is 13.1. The molecular weight excluding hydrogens is 312 g/mol. The number of benzene rings is 1. The number of hydrogen-bond acceptors (Lipinski definition) is 3. The van der Waals surface area contributed by atoms with E-state index in [0.29, 0.717) is 0 Å². The van der Waals surface area contributed by atoms with Gasteiger partial charge in [0.05, 0.1) is 17.9 Å². The molecule has 0 spiro atoms. The molecule has 5 nitrogen and oxygen atoms in total. The Morgan fingerprint density at radius 2 is 1.80 bits per heavy atom. The van der Waals surface area contributed by atoms with Gasteiger partial charge in [-0.25, -0.2) is 0 Å². The number of aromatic nitrogens is 2. The number of nitrogens with zero attached hydrogens (tertiary/aromatic N) is 3. The molecule has 2 saturated heterocycles. The fourth-order valence-electron chi connectivity index (χ4n) is 4.12. The van der Waals surface area contributed by atoms with Crippen LogP contribution in [-0.2, 0) is 0 Å². The molecule has 1 aromatic heterocycles. The molecule has 25 heavy (non-hydrogen) atoms. The number of hydrogen-bond donors (Lipinski definition) is 1. The number of anilines is 1. The van der Waals surface area contributed by atoms with Crippen LogP contribution in [-0.4, -0.2) is 40.6 Å². The molecule has 2 fully saturated rings. The fourth-order valence-corrected chi connectivity index (χ4v) is 4.12. The van der Waals surface area contributed by atoms with Crippen LogP contribution < -0.4 is 4.90 Å². The Morgan fingerprint density at radius 3 is 2.48 bits per heavy atom. The van der Waals surface area contributed by atoms with Crippen molar-refractivity contribution in [2.75, 3.05) is 24.5 Å². The molecule has 132 valence electrons. The van der Waals surface area contributed by atoms with Gasteiger partial charge in [-0.15, -0.1) is 0 Å². The standard InChI is InChI=1S/C20H26N4O/c1-15-14-21-22-19(15)18-6-2-3-13-24(18)20(25)16-7-9-17(10-8-16)23-11-4-5-12-23/h7-10,14,18H,2-6,11-13H2,1H3,(H,21,22)/t18-/m0/s1. The number of aryl methyl sites for hydroxylation is 1. The van der Waals surface area contributed by atoms with Crippen LogP contribution >= 0.6 is 0 Å². The Balaban J connectivity index is 1.55. The molecule has 3 heterocycles. The molecule has 0 saturated carbocycles. The zero-order valence-electron chi connectivity index (χ0n) is 14.9. The van der Waals surface area contributed by atoms with E-state index in [2.05, 4.69) is 34.2 Å². The number of H-pyrrole nitrogens is 1. The van der Waals surface area contributed by atoms with Crippen LogP contribution in [0.3, 0.4) is 0 Å². The lowest BCUT2D eigenvalue weighted by molar-refractivity contribution is 0.0605. The van der Waals surface area contributed by atoms with Gasteiger partial charge >= 0.3 is 0 Å². The average Bonchev–Trinajstić information content (AvgIpc) is 3.33. The quantitative estimate of drug-likeness (QED) is 0.929. The van der Waals surface area contributed by atoms with Gasteiger partial charge in [-0.2, -0.15) is 5.10 Å². The number of nitrogens with one attached hydrogen (secondary N) is 1. The van der Waals surface area contributed by atoms with Crippen LogP contribution in [0.5, 0.6) is 0 Å². The fraction of sp³-hybridized carbons (Fsp3) is 0.500. The summed E-state index contributed by atoms with van der Waals surface area (Å²) in [6.45, 7) is 5.12. The summed E-state index contributed by atoms with van der Waals surface area (Å²) in [4.78, 5) is 17.5. The summed E-state index contributed by atoms with van der Waals surface area (Å²) in [5.74, 6) is 0.131. The Bertz CT molecular complexity index is 730. The van der Waals surface area contributed by atoms with Crippen molar-refractivity contribution in [1.29, 1.82) is 0 Å². The van der Waals surface area contributed by atoms with Crippen molar-refractivity contribution in [1.82, 2.24) is 15.1 Å². The summed E-state index contributed by atoms with van der Waals surface area (Å²) in [6.07, 6.45) is 7.60. The number of carbonyl (C=O) groups is 1. The predicted octanol–water partition coefficient (Wildman–Crippen LogP) is 3.69. The van der Waals surface area contributed by atoms with Crippen molar-refractivity contribution >= 4 is 11.6 Å². The van der Waals surface area contributed by atoms with E-state index in [0.717, 1.165) is 55.7 Å². The van der Waals surface area contributed by atoms with Gasteiger partial charge < -0.3 is 9.80 Å². The minimum absolute atomic E-state index is 0.113. The maximum absolute atomic E-state index is 13.1. The van der Waals surface area contributed by atoms with E-state index in [1.165, 1.54) is 18.5 Å². The number of aromatic amines is 1. The Labute approximate surface area is 149 Å². The molecule has 2 aliphatic heterocycles. The van der Waals surface area contributed by atoms with Crippen molar-refractivity contribution in [3.8, 4) is 0 Å². The van der Waals surface area contributed by atoms with Gasteiger partial charge in [0.25, 0.3) is 5.91 Å². The summed E-state index contributed by atoms with van der Waals surface area (Å²) >= 11 is 0. The van der Waals surface area contributed by atoms with E-state index in [4.69, 9.17) is 0 Å². The lowest BCUT2D eigenvalue weighted by atomic mass is 9.96. The largest absolute Gasteiger partial charge is 0.372 e. The van der Waals surface area contributed by atoms with Gasteiger partial charge in [0.1, 0.15) is 0 Å². The third kappa shape index (κ3) is 3.15. The van der Waals surface area contributed by atoms with E-state index in [-0.39, 0.29) is 11.9 Å². The summed E-state index contributed by atoms with van der Waals surface area (Å²) < 4.78 is 0. The van der Waals surface area contributed by atoms with E-state index < -0.39 is 0 Å². The summed E-state index contributed by atoms with van der Waals surface area (Å²) in [5, 5.41) is 7.26. The maximum Gasteiger partial charge on any atom is 0.254 e. The third-order valence-corrected chi connectivity index (χ3v) is 5.55. The van der Waals surface area contributed by atoms with Gasteiger partial charge in [0.15, 0.2) is 0 Å². The van der Waals surface area contributed by atoms with E-state index in [1.54, 1.807) is 0 Å². The van der Waals surface area contributed by atoms with Crippen LogP contribution in [0.4, 0.5) is 5.69 Å². The number of piperidine rings is 1. The van der Waals surface area contributed by atoms with E-state index >= 15 is 0 Å². The van der Waals surface area contributed by atoms with Crippen LogP contribution in [0.1, 0.15) is 59.8 Å². The minimum atomic E-state index is 0.113. The van der Waals surface area contributed by atoms with Crippen LogP contribution in [0.25, 0.3) is 0 Å². The number of likely N-dealkylation sites (tertiary alicyclic amines) is 1. The van der Waals surface area contributed by atoms with Gasteiger partial charge in [-0.1, -0.05) is 0 Å². The summed E-state index contributed by atoms with van der Waals surface area (Å²) in [7, 11) is 0. The molecule has 1 atom stereocenters. The summed E-state index contributed by atoms with van der Waals surface area (Å²) in [5.41, 5.74) is 4.23. The highest BCUT2D eigenvalue weighted by Gasteiger charge is 2.30. The van der Waals surface area contributed by atoms with Crippen LogP contribution in [0.15, 0.2) is 30.5 Å². The lowest BCUT2D eigenvalue weighted by Gasteiger charge is -2.35. The van der Waals surface area contributed by atoms with Crippen molar-refractivity contribution in [2.45, 2.75) is 45.1 Å². The second-order valence-electron chi connectivity index (χ2n) is 7.22. The zero-order chi connectivity index (χ0) is 17.2. The zero-order valence-corrected chi connectivity index (χ0v) is 14.9. The molecular formula is C20H26N4O. The average molecular weight is 338 g/mol. The minimum Gasteiger partial charge on any atom is -0.372 e. The molecule has 1 N–H and O–H groups in total. The second kappa shape index (κ2) is 6.90. The highest BCUT2D eigenvalue weighted by Crippen LogP contribution is 2.32. The highest BCUT2D eigenvalue weighted by atomic mass is 16.2. The van der Waals surface area contributed by atoms with Crippen LogP contribution in [0, 0.1) is 6.92 Å². The van der Waals surface area contributed by atoms with Gasteiger partial charge in [-0.3, -0.25) is 9.89 Å². The molecule has 0 aliphatic carbocycles. The highest BCUT2D eigenvalue weighted by molar-refractivity contribution is 5.95. The first-order valence-corrected chi connectivity index (χ1v) is 9.40. The first-order chi connectivity index (χ1) is 12.2. The lowest BCUT2D eigenvalue weighted by Crippen LogP contribution is -2.39. The van der Waals surface area contributed by atoms with E-state index in [9.17, 15) is 4.79 Å². The van der Waals surface area contributed by atoms with Crippen molar-refractivity contribution in [3.63, 3.8) is 0 Å². The monoisotopic (exact) mass is 338 g/mol. The SMILES string of the molecule is Cc1cn[nH]c1[C@@H]1CCCCN1C(=O)c1ccc(N2CCCC2)cc1.